The molecule has 0 radical (unpaired) electrons. The fraction of sp³-hybridized carbons (Fsp3) is 0.385. The number of nitrogens with two attached hydrogens (primary N) is 1. The minimum Gasteiger partial charge on any atom is -0.480 e. The zero-order valence-electron chi connectivity index (χ0n) is 11.0. The Kier molecular flexibility index (Phi) is 3.34. The number of rotatable bonds is 3. The molecule has 5 heteroatoms. The topological polar surface area (TPSA) is 74.2 Å². The Morgan fingerprint density at radius 3 is 2.39 bits per heavy atom. The van der Waals surface area contributed by atoms with Crippen molar-refractivity contribution in [2.75, 3.05) is 7.11 Å². The molecule has 5 nitrogen and oxygen atoms in total. The third-order valence-corrected chi connectivity index (χ3v) is 3.11. The number of aromatic nitrogens is 2. The van der Waals surface area contributed by atoms with Crippen molar-refractivity contribution >= 4 is 0 Å². The van der Waals surface area contributed by atoms with Crippen LogP contribution < -0.4 is 10.5 Å². The van der Waals surface area contributed by atoms with Crippen molar-refractivity contribution in [2.45, 2.75) is 26.8 Å². The minimum atomic E-state index is -0.397. The number of hydrogen-bond donors (Lipinski definition) is 1. The summed E-state index contributed by atoms with van der Waals surface area (Å²) < 4.78 is 10.8. The largest absolute Gasteiger partial charge is 0.480 e. The van der Waals surface area contributed by atoms with E-state index in [0.29, 0.717) is 11.6 Å². The average Bonchev–Trinajstić information content (AvgIpc) is 2.62. The zero-order chi connectivity index (χ0) is 13.3. The van der Waals surface area contributed by atoms with Crippen LogP contribution in [0.4, 0.5) is 0 Å². The van der Waals surface area contributed by atoms with E-state index in [9.17, 15) is 0 Å². The molecule has 96 valence electrons. The molecule has 0 saturated heterocycles. The van der Waals surface area contributed by atoms with Crippen LogP contribution in [0.15, 0.2) is 16.8 Å². The van der Waals surface area contributed by atoms with Crippen LogP contribution in [0.1, 0.15) is 34.4 Å². The van der Waals surface area contributed by atoms with E-state index >= 15 is 0 Å². The van der Waals surface area contributed by atoms with Crippen molar-refractivity contribution in [2.24, 2.45) is 5.73 Å². The molecule has 1 unspecified atom stereocenters. The Morgan fingerprint density at radius 2 is 1.83 bits per heavy atom. The van der Waals surface area contributed by atoms with Gasteiger partial charge in [-0.15, -0.1) is 0 Å². The van der Waals surface area contributed by atoms with Gasteiger partial charge in [0.05, 0.1) is 13.2 Å². The van der Waals surface area contributed by atoms with E-state index < -0.39 is 6.04 Å². The molecule has 2 heterocycles. The highest BCUT2D eigenvalue weighted by atomic mass is 16.5. The van der Waals surface area contributed by atoms with E-state index in [1.807, 2.05) is 20.8 Å². The van der Waals surface area contributed by atoms with Gasteiger partial charge in [0.25, 0.3) is 0 Å². The van der Waals surface area contributed by atoms with Gasteiger partial charge in [-0.3, -0.25) is 4.98 Å². The van der Waals surface area contributed by atoms with Crippen molar-refractivity contribution in [3.63, 3.8) is 0 Å². The van der Waals surface area contributed by atoms with Gasteiger partial charge in [0, 0.05) is 18.0 Å². The summed E-state index contributed by atoms with van der Waals surface area (Å²) in [6.07, 6.45) is 3.19. The molecule has 0 fully saturated rings. The molecule has 0 aliphatic rings. The van der Waals surface area contributed by atoms with E-state index in [1.165, 1.54) is 0 Å². The fourth-order valence-electron chi connectivity index (χ4n) is 2.11. The summed E-state index contributed by atoms with van der Waals surface area (Å²) >= 11 is 0. The first-order valence-electron chi connectivity index (χ1n) is 5.73. The molecule has 2 aromatic rings. The number of furan rings is 1. The first-order valence-corrected chi connectivity index (χ1v) is 5.73. The maximum atomic E-state index is 6.27. The standard InChI is InChI=1S/C13H17N3O2/c1-7-8(2)18-9(3)10(7)11(14)12-13(17-4)16-6-5-15-12/h5-6,11H,14H2,1-4H3. The molecule has 1 atom stereocenters. The van der Waals surface area contributed by atoms with Crippen LogP contribution >= 0.6 is 0 Å². The molecule has 18 heavy (non-hydrogen) atoms. The Balaban J connectivity index is 2.51. The molecule has 0 amide bonds. The Bertz CT molecular complexity index is 563. The minimum absolute atomic E-state index is 0.397. The SMILES string of the molecule is COc1nccnc1C(N)c1c(C)oc(C)c1C. The van der Waals surface area contributed by atoms with Crippen molar-refractivity contribution in [3.8, 4) is 5.88 Å². The van der Waals surface area contributed by atoms with Crippen LogP contribution in [0.25, 0.3) is 0 Å². The van der Waals surface area contributed by atoms with Gasteiger partial charge < -0.3 is 14.9 Å². The lowest BCUT2D eigenvalue weighted by Gasteiger charge is -2.13. The van der Waals surface area contributed by atoms with E-state index in [0.717, 1.165) is 22.6 Å². The molecule has 0 bridgehead atoms. The second-order valence-electron chi connectivity index (χ2n) is 4.18. The summed E-state index contributed by atoms with van der Waals surface area (Å²) in [5, 5.41) is 0. The summed E-state index contributed by atoms with van der Waals surface area (Å²) in [4.78, 5) is 8.38. The summed E-state index contributed by atoms with van der Waals surface area (Å²) in [6, 6.07) is -0.397. The summed E-state index contributed by atoms with van der Waals surface area (Å²) in [6.45, 7) is 5.81. The highest BCUT2D eigenvalue weighted by Crippen LogP contribution is 2.31. The first-order chi connectivity index (χ1) is 8.56. The quantitative estimate of drug-likeness (QED) is 0.898. The van der Waals surface area contributed by atoms with E-state index in [1.54, 1.807) is 19.5 Å². The highest BCUT2D eigenvalue weighted by molar-refractivity contribution is 5.40. The van der Waals surface area contributed by atoms with Gasteiger partial charge in [0.15, 0.2) is 0 Å². The molecular weight excluding hydrogens is 230 g/mol. The number of ether oxygens (including phenoxy) is 1. The summed E-state index contributed by atoms with van der Waals surface area (Å²) in [5.74, 6) is 2.13. The number of hydrogen-bond acceptors (Lipinski definition) is 5. The van der Waals surface area contributed by atoms with Crippen LogP contribution in [0.2, 0.25) is 0 Å². The van der Waals surface area contributed by atoms with Crippen LogP contribution in [0.5, 0.6) is 5.88 Å². The molecule has 0 spiro atoms. The van der Waals surface area contributed by atoms with E-state index in [4.69, 9.17) is 14.9 Å². The second-order valence-corrected chi connectivity index (χ2v) is 4.18. The lowest BCUT2D eigenvalue weighted by Crippen LogP contribution is -2.16. The molecule has 0 aromatic carbocycles. The lowest BCUT2D eigenvalue weighted by atomic mass is 10.0. The fourth-order valence-corrected chi connectivity index (χ4v) is 2.11. The van der Waals surface area contributed by atoms with E-state index in [-0.39, 0.29) is 0 Å². The smallest absolute Gasteiger partial charge is 0.237 e. The average molecular weight is 247 g/mol. The predicted octanol–water partition coefficient (Wildman–Crippen LogP) is 2.05. The second kappa shape index (κ2) is 4.78. The van der Waals surface area contributed by atoms with Gasteiger partial charge in [0.1, 0.15) is 17.2 Å². The number of nitrogens with zero attached hydrogens (tertiary/aromatic N) is 2. The van der Waals surface area contributed by atoms with Gasteiger partial charge in [0.2, 0.25) is 5.88 Å². The molecule has 0 aliphatic heterocycles. The Labute approximate surface area is 106 Å². The maximum Gasteiger partial charge on any atom is 0.237 e. The Morgan fingerprint density at radius 1 is 1.17 bits per heavy atom. The van der Waals surface area contributed by atoms with Crippen LogP contribution in [-0.2, 0) is 0 Å². The number of aryl methyl sites for hydroxylation is 2. The van der Waals surface area contributed by atoms with Crippen molar-refractivity contribution in [3.05, 3.63) is 40.7 Å². The molecule has 2 rings (SSSR count). The Hall–Kier alpha value is -1.88. The van der Waals surface area contributed by atoms with Gasteiger partial charge in [-0.1, -0.05) is 0 Å². The normalized spacial score (nSPS) is 12.5. The number of methoxy groups -OCH3 is 1. The molecule has 2 N–H and O–H groups in total. The zero-order valence-corrected chi connectivity index (χ0v) is 11.0. The monoisotopic (exact) mass is 247 g/mol. The van der Waals surface area contributed by atoms with Crippen LogP contribution in [-0.4, -0.2) is 17.1 Å². The summed E-state index contributed by atoms with van der Waals surface area (Å²) in [5.41, 5.74) is 8.88. The maximum absolute atomic E-state index is 6.27. The van der Waals surface area contributed by atoms with Crippen LogP contribution in [0.3, 0.4) is 0 Å². The molecule has 2 aromatic heterocycles. The predicted molar refractivity (Wildman–Crippen MR) is 67.5 cm³/mol. The lowest BCUT2D eigenvalue weighted by molar-refractivity contribution is 0.386. The van der Waals surface area contributed by atoms with Gasteiger partial charge in [-0.25, -0.2) is 4.98 Å². The first kappa shape index (κ1) is 12.6. The van der Waals surface area contributed by atoms with Crippen LogP contribution in [0, 0.1) is 20.8 Å². The van der Waals surface area contributed by atoms with Gasteiger partial charge >= 0.3 is 0 Å². The van der Waals surface area contributed by atoms with Crippen molar-refractivity contribution < 1.29 is 9.15 Å². The molecule has 0 saturated carbocycles. The third-order valence-electron chi connectivity index (χ3n) is 3.11. The van der Waals surface area contributed by atoms with Crippen molar-refractivity contribution in [1.29, 1.82) is 0 Å². The van der Waals surface area contributed by atoms with Gasteiger partial charge in [-0.05, 0) is 26.3 Å². The summed E-state index contributed by atoms with van der Waals surface area (Å²) in [7, 11) is 1.56. The van der Waals surface area contributed by atoms with Gasteiger partial charge in [-0.2, -0.15) is 0 Å². The third kappa shape index (κ3) is 1.97. The molecular formula is C13H17N3O2. The van der Waals surface area contributed by atoms with Crippen molar-refractivity contribution in [1.82, 2.24) is 9.97 Å². The molecule has 0 aliphatic carbocycles. The highest BCUT2D eigenvalue weighted by Gasteiger charge is 2.23. The van der Waals surface area contributed by atoms with E-state index in [2.05, 4.69) is 9.97 Å².